The van der Waals surface area contributed by atoms with Crippen LogP contribution < -0.4 is 0 Å². The second kappa shape index (κ2) is 8.89. The summed E-state index contributed by atoms with van der Waals surface area (Å²) in [5.74, 6) is 0.738. The van der Waals surface area contributed by atoms with Crippen LogP contribution in [-0.4, -0.2) is 62.3 Å². The fourth-order valence-corrected chi connectivity index (χ4v) is 2.65. The van der Waals surface area contributed by atoms with Gasteiger partial charge < -0.3 is 9.64 Å². The van der Waals surface area contributed by atoms with Crippen molar-refractivity contribution in [2.24, 2.45) is 5.92 Å². The molecule has 0 saturated carbocycles. The van der Waals surface area contributed by atoms with Gasteiger partial charge in [-0.3, -0.25) is 4.90 Å². The van der Waals surface area contributed by atoms with E-state index in [9.17, 15) is 0 Å². The molecule has 0 aromatic heterocycles. The molecule has 0 radical (unpaired) electrons. The second-order valence-corrected chi connectivity index (χ2v) is 6.18. The third-order valence-electron chi connectivity index (χ3n) is 3.67. The first kappa shape index (κ1) is 15.9. The molecule has 0 bridgehead atoms. The molecule has 0 amide bonds. The van der Waals surface area contributed by atoms with Crippen LogP contribution >= 0.6 is 0 Å². The average molecular weight is 256 g/mol. The third-order valence-corrected chi connectivity index (χ3v) is 3.67. The van der Waals surface area contributed by atoms with Crippen molar-refractivity contribution in [1.29, 1.82) is 0 Å². The topological polar surface area (TPSA) is 15.7 Å². The molecule has 1 atom stereocenters. The van der Waals surface area contributed by atoms with E-state index in [-0.39, 0.29) is 0 Å². The fraction of sp³-hybridized carbons (Fsp3) is 1.00. The van der Waals surface area contributed by atoms with Gasteiger partial charge in [0.1, 0.15) is 0 Å². The van der Waals surface area contributed by atoms with E-state index in [2.05, 4.69) is 37.6 Å². The quantitative estimate of drug-likeness (QED) is 0.621. The van der Waals surface area contributed by atoms with Crippen molar-refractivity contribution in [1.82, 2.24) is 9.80 Å². The van der Waals surface area contributed by atoms with E-state index in [1.807, 2.05) is 0 Å². The number of ether oxygens (including phenoxy) is 1. The van der Waals surface area contributed by atoms with Crippen molar-refractivity contribution < 1.29 is 4.74 Å². The van der Waals surface area contributed by atoms with Gasteiger partial charge in [0.25, 0.3) is 0 Å². The predicted molar refractivity (Wildman–Crippen MR) is 78.0 cm³/mol. The highest BCUT2D eigenvalue weighted by atomic mass is 16.5. The van der Waals surface area contributed by atoms with Crippen LogP contribution in [0.25, 0.3) is 0 Å². The van der Waals surface area contributed by atoms with E-state index >= 15 is 0 Å². The zero-order valence-corrected chi connectivity index (χ0v) is 12.8. The van der Waals surface area contributed by atoms with Crippen molar-refractivity contribution in [2.45, 2.75) is 46.1 Å². The molecule has 3 heteroatoms. The van der Waals surface area contributed by atoms with Gasteiger partial charge in [0.2, 0.25) is 0 Å². The molecule has 0 N–H and O–H groups in total. The van der Waals surface area contributed by atoms with Crippen LogP contribution in [0.2, 0.25) is 0 Å². The Hall–Kier alpha value is -0.120. The maximum Gasteiger partial charge on any atom is 0.0619 e. The number of likely N-dealkylation sites (tertiary alicyclic amines) is 1. The maximum atomic E-state index is 5.82. The Labute approximate surface area is 113 Å². The standard InChI is InChI=1S/C15H32N2O/c1-14(2)12-16(4)10-11-18-13-15(3)17-8-6-5-7-9-17/h14-15H,5-13H2,1-4H3. The first-order chi connectivity index (χ1) is 8.59. The van der Waals surface area contributed by atoms with Crippen molar-refractivity contribution in [3.05, 3.63) is 0 Å². The summed E-state index contributed by atoms with van der Waals surface area (Å²) in [6, 6.07) is 0.584. The molecule has 1 unspecified atom stereocenters. The highest BCUT2D eigenvalue weighted by Gasteiger charge is 2.16. The van der Waals surface area contributed by atoms with Gasteiger partial charge in [-0.1, -0.05) is 20.3 Å². The predicted octanol–water partition coefficient (Wildman–Crippen LogP) is 2.47. The molecule has 1 aliphatic heterocycles. The summed E-state index contributed by atoms with van der Waals surface area (Å²) >= 11 is 0. The Morgan fingerprint density at radius 2 is 1.78 bits per heavy atom. The second-order valence-electron chi connectivity index (χ2n) is 6.18. The molecule has 1 saturated heterocycles. The van der Waals surface area contributed by atoms with Crippen molar-refractivity contribution in [3.8, 4) is 0 Å². The molecular weight excluding hydrogens is 224 g/mol. The van der Waals surface area contributed by atoms with Crippen molar-refractivity contribution in [3.63, 3.8) is 0 Å². The lowest BCUT2D eigenvalue weighted by atomic mass is 10.1. The van der Waals surface area contributed by atoms with Gasteiger partial charge in [-0.25, -0.2) is 0 Å². The number of rotatable bonds is 8. The Kier molecular flexibility index (Phi) is 7.87. The molecule has 0 aromatic rings. The van der Waals surface area contributed by atoms with Gasteiger partial charge >= 0.3 is 0 Å². The van der Waals surface area contributed by atoms with E-state index in [0.29, 0.717) is 6.04 Å². The summed E-state index contributed by atoms with van der Waals surface area (Å²) in [4.78, 5) is 4.93. The van der Waals surface area contributed by atoms with E-state index in [0.717, 1.165) is 32.2 Å². The maximum absolute atomic E-state index is 5.82. The van der Waals surface area contributed by atoms with Crippen LogP contribution in [0.3, 0.4) is 0 Å². The lowest BCUT2D eigenvalue weighted by molar-refractivity contribution is 0.0481. The Morgan fingerprint density at radius 1 is 1.11 bits per heavy atom. The van der Waals surface area contributed by atoms with Gasteiger partial charge in [-0.15, -0.1) is 0 Å². The fourth-order valence-electron chi connectivity index (χ4n) is 2.65. The zero-order valence-electron chi connectivity index (χ0n) is 12.8. The molecule has 1 fully saturated rings. The summed E-state index contributed by atoms with van der Waals surface area (Å²) in [6.07, 6.45) is 4.13. The minimum Gasteiger partial charge on any atom is -0.379 e. The van der Waals surface area contributed by atoms with E-state index in [1.54, 1.807) is 0 Å². The van der Waals surface area contributed by atoms with Crippen LogP contribution in [0.1, 0.15) is 40.0 Å². The van der Waals surface area contributed by atoms with Gasteiger partial charge in [-0.2, -0.15) is 0 Å². The number of hydrogen-bond donors (Lipinski definition) is 0. The molecule has 0 aliphatic carbocycles. The Morgan fingerprint density at radius 3 is 2.39 bits per heavy atom. The third kappa shape index (κ3) is 6.72. The minimum atomic E-state index is 0.584. The first-order valence-corrected chi connectivity index (χ1v) is 7.60. The molecule has 108 valence electrons. The zero-order chi connectivity index (χ0) is 13.4. The molecule has 1 rings (SSSR count). The summed E-state index contributed by atoms with van der Waals surface area (Å²) < 4.78 is 5.82. The summed E-state index contributed by atoms with van der Waals surface area (Å²) in [5.41, 5.74) is 0. The average Bonchev–Trinajstić information content (AvgIpc) is 2.34. The van der Waals surface area contributed by atoms with E-state index < -0.39 is 0 Å². The number of hydrogen-bond acceptors (Lipinski definition) is 3. The van der Waals surface area contributed by atoms with E-state index in [1.165, 1.54) is 32.4 Å². The molecular formula is C15H32N2O. The van der Waals surface area contributed by atoms with Crippen LogP contribution in [0.5, 0.6) is 0 Å². The smallest absolute Gasteiger partial charge is 0.0619 e. The first-order valence-electron chi connectivity index (χ1n) is 7.60. The summed E-state index contributed by atoms with van der Waals surface area (Å²) in [6.45, 7) is 13.3. The van der Waals surface area contributed by atoms with Gasteiger partial charge in [0, 0.05) is 19.1 Å². The lowest BCUT2D eigenvalue weighted by Crippen LogP contribution is -2.40. The van der Waals surface area contributed by atoms with Crippen LogP contribution in [-0.2, 0) is 4.74 Å². The Bertz CT molecular complexity index is 203. The molecule has 0 aromatic carbocycles. The van der Waals surface area contributed by atoms with Gasteiger partial charge in [0.05, 0.1) is 13.2 Å². The highest BCUT2D eigenvalue weighted by Crippen LogP contribution is 2.12. The highest BCUT2D eigenvalue weighted by molar-refractivity contribution is 4.70. The summed E-state index contributed by atoms with van der Waals surface area (Å²) in [5, 5.41) is 0. The van der Waals surface area contributed by atoms with Gasteiger partial charge in [-0.05, 0) is 45.8 Å². The molecule has 1 heterocycles. The minimum absolute atomic E-state index is 0.584. The van der Waals surface area contributed by atoms with Gasteiger partial charge in [0.15, 0.2) is 0 Å². The Balaban J connectivity index is 2.02. The monoisotopic (exact) mass is 256 g/mol. The lowest BCUT2D eigenvalue weighted by Gasteiger charge is -2.32. The van der Waals surface area contributed by atoms with E-state index in [4.69, 9.17) is 4.74 Å². The molecule has 0 spiro atoms. The van der Waals surface area contributed by atoms with Crippen molar-refractivity contribution in [2.75, 3.05) is 46.4 Å². The van der Waals surface area contributed by atoms with Crippen LogP contribution in [0.15, 0.2) is 0 Å². The normalized spacial score (nSPS) is 19.7. The number of nitrogens with zero attached hydrogens (tertiary/aromatic N) is 2. The van der Waals surface area contributed by atoms with Crippen molar-refractivity contribution >= 4 is 0 Å². The number of likely N-dealkylation sites (N-methyl/N-ethyl adjacent to an activating group) is 1. The van der Waals surface area contributed by atoms with Crippen LogP contribution in [0.4, 0.5) is 0 Å². The number of piperidine rings is 1. The molecule has 18 heavy (non-hydrogen) atoms. The molecule has 1 aliphatic rings. The van der Waals surface area contributed by atoms with Crippen LogP contribution in [0, 0.1) is 5.92 Å². The SMILES string of the molecule is CC(C)CN(C)CCOCC(C)N1CCCCC1. The summed E-state index contributed by atoms with van der Waals surface area (Å²) in [7, 11) is 2.18. The molecule has 3 nitrogen and oxygen atoms in total. The largest absolute Gasteiger partial charge is 0.379 e.